The molecule has 7 nitrogen and oxygen atoms in total. The summed E-state index contributed by atoms with van der Waals surface area (Å²) in [7, 11) is 1.50. The molecule has 1 aromatic carbocycles. The smallest absolute Gasteiger partial charge is 0.271 e. The highest BCUT2D eigenvalue weighted by atomic mass is 35.5. The topological polar surface area (TPSA) is 101 Å². The van der Waals surface area contributed by atoms with Gasteiger partial charge in [-0.3, -0.25) is 14.4 Å². The van der Waals surface area contributed by atoms with Crippen molar-refractivity contribution >= 4 is 23.5 Å². The zero-order valence-corrected chi connectivity index (χ0v) is 15.9. The molecule has 0 aliphatic carbocycles. The summed E-state index contributed by atoms with van der Waals surface area (Å²) in [6.45, 7) is 1.56. The molecular weight excluding hydrogens is 382 g/mol. The van der Waals surface area contributed by atoms with Gasteiger partial charge in [0.1, 0.15) is 28.8 Å². The number of hydrogen-bond acceptors (Lipinski definition) is 6. The maximum atomic E-state index is 12.6. The van der Waals surface area contributed by atoms with Crippen molar-refractivity contribution in [1.82, 2.24) is 4.57 Å². The minimum atomic E-state index is -0.605. The average Bonchev–Trinajstić information content (AvgIpc) is 3.19. The second kappa shape index (κ2) is 8.03. The first kappa shape index (κ1) is 19.3. The Bertz CT molecular complexity index is 1140. The Kier molecular flexibility index (Phi) is 5.52. The first-order chi connectivity index (χ1) is 13.5. The van der Waals surface area contributed by atoms with Gasteiger partial charge >= 0.3 is 0 Å². The predicted molar refractivity (Wildman–Crippen MR) is 105 cm³/mol. The van der Waals surface area contributed by atoms with Crippen LogP contribution in [0.1, 0.15) is 22.5 Å². The zero-order valence-electron chi connectivity index (χ0n) is 15.1. The van der Waals surface area contributed by atoms with Crippen LogP contribution in [0.3, 0.4) is 0 Å². The molecule has 0 unspecified atom stereocenters. The summed E-state index contributed by atoms with van der Waals surface area (Å²) in [5, 5.41) is 20.6. The number of aromatic nitrogens is 1. The summed E-state index contributed by atoms with van der Waals surface area (Å²) < 4.78 is 11.6. The van der Waals surface area contributed by atoms with Crippen molar-refractivity contribution in [2.75, 3.05) is 7.11 Å². The molecule has 0 bridgehead atoms. The van der Waals surface area contributed by atoms with Crippen LogP contribution in [0, 0.1) is 18.3 Å². The van der Waals surface area contributed by atoms with E-state index in [9.17, 15) is 15.2 Å². The fraction of sp³-hybridized carbons (Fsp3) is 0.150. The number of benzene rings is 1. The van der Waals surface area contributed by atoms with Crippen molar-refractivity contribution in [1.29, 1.82) is 5.26 Å². The minimum absolute atomic E-state index is 0.0199. The van der Waals surface area contributed by atoms with E-state index in [1.165, 1.54) is 19.6 Å². The van der Waals surface area contributed by atoms with Gasteiger partial charge in [-0.2, -0.15) is 5.26 Å². The van der Waals surface area contributed by atoms with E-state index in [2.05, 4.69) is 4.99 Å². The van der Waals surface area contributed by atoms with Crippen molar-refractivity contribution in [2.45, 2.75) is 13.5 Å². The van der Waals surface area contributed by atoms with Crippen LogP contribution in [0.25, 0.3) is 0 Å². The third-order valence-electron chi connectivity index (χ3n) is 4.21. The van der Waals surface area contributed by atoms with E-state index < -0.39 is 5.56 Å². The van der Waals surface area contributed by atoms with Crippen LogP contribution in [-0.2, 0) is 6.54 Å². The van der Waals surface area contributed by atoms with Crippen LogP contribution >= 0.6 is 11.6 Å². The van der Waals surface area contributed by atoms with Gasteiger partial charge in [0, 0.05) is 11.2 Å². The molecule has 0 amide bonds. The molecule has 1 N–H and O–H groups in total. The highest BCUT2D eigenvalue weighted by molar-refractivity contribution is 6.30. The van der Waals surface area contributed by atoms with Gasteiger partial charge in [-0.25, -0.2) is 0 Å². The van der Waals surface area contributed by atoms with Crippen LogP contribution in [0.15, 0.2) is 50.8 Å². The Labute approximate surface area is 165 Å². The van der Waals surface area contributed by atoms with E-state index in [1.54, 1.807) is 37.3 Å². The van der Waals surface area contributed by atoms with Gasteiger partial charge in [0.2, 0.25) is 5.88 Å². The van der Waals surface area contributed by atoms with Crippen molar-refractivity contribution in [2.24, 2.45) is 4.99 Å². The molecule has 0 fully saturated rings. The average molecular weight is 398 g/mol. The van der Waals surface area contributed by atoms with E-state index in [4.69, 9.17) is 20.8 Å². The lowest BCUT2D eigenvalue weighted by molar-refractivity contribution is 0.397. The van der Waals surface area contributed by atoms with Crippen molar-refractivity contribution < 1.29 is 14.3 Å². The summed E-state index contributed by atoms with van der Waals surface area (Å²) in [4.78, 5) is 16.9. The maximum absolute atomic E-state index is 12.6. The minimum Gasteiger partial charge on any atom is -0.494 e. The van der Waals surface area contributed by atoms with Gasteiger partial charge in [-0.05, 0) is 42.8 Å². The van der Waals surface area contributed by atoms with Gasteiger partial charge in [0.25, 0.3) is 5.56 Å². The molecule has 0 aliphatic heterocycles. The monoisotopic (exact) mass is 397 g/mol. The van der Waals surface area contributed by atoms with Crippen LogP contribution < -0.4 is 10.3 Å². The molecule has 0 aliphatic rings. The fourth-order valence-corrected chi connectivity index (χ4v) is 2.90. The lowest BCUT2D eigenvalue weighted by atomic mass is 10.1. The molecule has 0 spiro atoms. The SMILES string of the molecule is COc1ccc(Cl)cc1N=Cc1c(C)c(C#N)c(=O)n(Cc2ccco2)c1O. The molecule has 2 aromatic heterocycles. The first-order valence-electron chi connectivity index (χ1n) is 8.22. The van der Waals surface area contributed by atoms with Gasteiger partial charge in [0.05, 0.1) is 25.5 Å². The van der Waals surface area contributed by atoms with Gasteiger partial charge in [0.15, 0.2) is 0 Å². The number of halogens is 1. The largest absolute Gasteiger partial charge is 0.494 e. The van der Waals surface area contributed by atoms with Crippen molar-refractivity contribution in [3.63, 3.8) is 0 Å². The summed E-state index contributed by atoms with van der Waals surface area (Å²) in [5.74, 6) is 0.634. The Morgan fingerprint density at radius 1 is 1.43 bits per heavy atom. The molecule has 0 radical (unpaired) electrons. The molecule has 2 heterocycles. The third kappa shape index (κ3) is 3.63. The van der Waals surface area contributed by atoms with Gasteiger partial charge in [-0.1, -0.05) is 11.6 Å². The third-order valence-corrected chi connectivity index (χ3v) is 4.45. The molecule has 142 valence electrons. The lowest BCUT2D eigenvalue weighted by Crippen LogP contribution is -2.25. The summed E-state index contributed by atoms with van der Waals surface area (Å²) >= 11 is 6.01. The summed E-state index contributed by atoms with van der Waals surface area (Å²) in [6.07, 6.45) is 2.84. The summed E-state index contributed by atoms with van der Waals surface area (Å²) in [6, 6.07) is 10.2. The second-order valence-electron chi connectivity index (χ2n) is 5.89. The van der Waals surface area contributed by atoms with E-state index in [0.29, 0.717) is 27.8 Å². The number of nitriles is 1. The number of hydrogen-bond donors (Lipinski definition) is 1. The number of methoxy groups -OCH3 is 1. The van der Waals surface area contributed by atoms with Crippen LogP contribution in [-0.4, -0.2) is 23.0 Å². The highest BCUT2D eigenvalue weighted by Crippen LogP contribution is 2.31. The molecule has 28 heavy (non-hydrogen) atoms. The van der Waals surface area contributed by atoms with E-state index in [0.717, 1.165) is 4.57 Å². The normalized spacial score (nSPS) is 10.9. The Balaban J connectivity index is 2.14. The van der Waals surface area contributed by atoms with Gasteiger partial charge in [-0.15, -0.1) is 0 Å². The molecular formula is C20H16ClN3O4. The Hall–Kier alpha value is -3.50. The second-order valence-corrected chi connectivity index (χ2v) is 6.33. The van der Waals surface area contributed by atoms with Crippen LogP contribution in [0.4, 0.5) is 5.69 Å². The number of pyridine rings is 1. The molecule has 3 aromatic rings. The van der Waals surface area contributed by atoms with E-state index >= 15 is 0 Å². The number of rotatable bonds is 5. The van der Waals surface area contributed by atoms with Crippen LogP contribution in [0.5, 0.6) is 11.6 Å². The molecule has 8 heteroatoms. The lowest BCUT2D eigenvalue weighted by Gasteiger charge is -2.13. The number of ether oxygens (including phenoxy) is 1. The quantitative estimate of drug-likeness (QED) is 0.660. The molecule has 0 saturated carbocycles. The molecule has 3 rings (SSSR count). The standard InChI is InChI=1S/C20H16ClN3O4/c1-12-15(9-22)19(25)24(11-14-4-3-7-28-14)20(26)16(12)10-23-17-8-13(21)5-6-18(17)27-2/h3-8,10,26H,11H2,1-2H3. The highest BCUT2D eigenvalue weighted by Gasteiger charge is 2.19. The molecule has 0 atom stereocenters. The number of nitrogens with zero attached hydrogens (tertiary/aromatic N) is 3. The fourth-order valence-electron chi connectivity index (χ4n) is 2.73. The Morgan fingerprint density at radius 3 is 2.86 bits per heavy atom. The van der Waals surface area contributed by atoms with Crippen LogP contribution in [0.2, 0.25) is 5.02 Å². The maximum Gasteiger partial charge on any atom is 0.271 e. The number of furan rings is 1. The number of aromatic hydroxyl groups is 1. The zero-order chi connectivity index (χ0) is 20.3. The first-order valence-corrected chi connectivity index (χ1v) is 8.60. The molecule has 0 saturated heterocycles. The van der Waals surface area contributed by atoms with E-state index in [1.807, 2.05) is 6.07 Å². The van der Waals surface area contributed by atoms with Crippen molar-refractivity contribution in [3.05, 3.63) is 74.4 Å². The number of aliphatic imine (C=N–C) groups is 1. The summed E-state index contributed by atoms with van der Waals surface area (Å²) in [5.41, 5.74) is 0.321. The van der Waals surface area contributed by atoms with Crippen molar-refractivity contribution in [3.8, 4) is 17.7 Å². The Morgan fingerprint density at radius 2 is 2.21 bits per heavy atom. The van der Waals surface area contributed by atoms with Gasteiger partial charge < -0.3 is 14.3 Å². The predicted octanol–water partition coefficient (Wildman–Crippen LogP) is 3.79. The van der Waals surface area contributed by atoms with E-state index in [-0.39, 0.29) is 23.6 Å².